The summed E-state index contributed by atoms with van der Waals surface area (Å²) in [6.45, 7) is 3.08. The maximum absolute atomic E-state index is 13.3. The number of carbonyl (C=O) groups excluding carboxylic acids is 1. The number of hydrogen-bond donors (Lipinski definition) is 1. The molecule has 1 aliphatic heterocycles. The molecule has 0 unspecified atom stereocenters. The number of nitrogens with zero attached hydrogens (tertiary/aromatic N) is 3. The molecule has 2 aliphatic rings. The van der Waals surface area contributed by atoms with Crippen LogP contribution >= 0.6 is 11.3 Å². The fraction of sp³-hybridized carbons (Fsp3) is 0.391. The number of fused-ring (bicyclic) bond motifs is 1. The minimum atomic E-state index is -3.50. The highest BCUT2D eigenvalue weighted by atomic mass is 32.2. The maximum Gasteiger partial charge on any atom is 0.274 e. The predicted molar refractivity (Wildman–Crippen MR) is 124 cm³/mol. The predicted octanol–water partition coefficient (Wildman–Crippen LogP) is 3.31. The molecule has 1 aliphatic carbocycles. The zero-order valence-corrected chi connectivity index (χ0v) is 19.6. The molecule has 1 saturated heterocycles. The van der Waals surface area contributed by atoms with E-state index in [2.05, 4.69) is 23.8 Å². The van der Waals surface area contributed by atoms with E-state index in [1.807, 2.05) is 21.7 Å². The largest absolute Gasteiger partial charge is 0.337 e. The van der Waals surface area contributed by atoms with Gasteiger partial charge in [0.25, 0.3) is 5.91 Å². The minimum absolute atomic E-state index is 0.0476. The Labute approximate surface area is 192 Å². The molecule has 7 nitrogen and oxygen atoms in total. The summed E-state index contributed by atoms with van der Waals surface area (Å²) in [7, 11) is -3.50. The van der Waals surface area contributed by atoms with E-state index in [9.17, 15) is 13.2 Å². The summed E-state index contributed by atoms with van der Waals surface area (Å²) in [6, 6.07) is 11.4. The van der Waals surface area contributed by atoms with Gasteiger partial charge in [-0.1, -0.05) is 23.8 Å². The zero-order valence-electron chi connectivity index (χ0n) is 18.0. The highest BCUT2D eigenvalue weighted by Crippen LogP contribution is 2.29. The lowest BCUT2D eigenvalue weighted by molar-refractivity contribution is 0.0704. The van der Waals surface area contributed by atoms with Crippen molar-refractivity contribution in [1.82, 2.24) is 19.4 Å². The van der Waals surface area contributed by atoms with Gasteiger partial charge < -0.3 is 4.90 Å². The molecule has 5 rings (SSSR count). The SMILES string of the molecule is Cc1ccc(-n2nc(C(=O)N3CCC(NS(=O)(=O)c4cccs4)CC3)c3c2CCC3)cc1. The van der Waals surface area contributed by atoms with Crippen LogP contribution in [0.2, 0.25) is 0 Å². The Morgan fingerprint density at radius 3 is 2.56 bits per heavy atom. The van der Waals surface area contributed by atoms with E-state index >= 15 is 0 Å². The number of hydrogen-bond acceptors (Lipinski definition) is 5. The van der Waals surface area contributed by atoms with Gasteiger partial charge in [0.2, 0.25) is 10.0 Å². The summed E-state index contributed by atoms with van der Waals surface area (Å²) >= 11 is 1.21. The fourth-order valence-electron chi connectivity index (χ4n) is 4.55. The molecule has 1 aromatic carbocycles. The van der Waals surface area contributed by atoms with Crippen LogP contribution in [0.25, 0.3) is 5.69 Å². The second-order valence-corrected chi connectivity index (χ2v) is 11.4. The van der Waals surface area contributed by atoms with Crippen LogP contribution in [0, 0.1) is 6.92 Å². The van der Waals surface area contributed by atoms with Crippen molar-refractivity contribution < 1.29 is 13.2 Å². The van der Waals surface area contributed by atoms with Crippen LogP contribution in [0.3, 0.4) is 0 Å². The topological polar surface area (TPSA) is 84.3 Å². The maximum atomic E-state index is 13.3. The van der Waals surface area contributed by atoms with E-state index in [0.29, 0.717) is 35.8 Å². The summed E-state index contributed by atoms with van der Waals surface area (Å²) in [5.41, 5.74) is 4.92. The number of likely N-dealkylation sites (tertiary alicyclic amines) is 1. The van der Waals surface area contributed by atoms with Crippen LogP contribution in [0.1, 0.15) is 46.6 Å². The van der Waals surface area contributed by atoms with Crippen molar-refractivity contribution in [2.45, 2.75) is 49.3 Å². The Bertz CT molecular complexity index is 1220. The number of sulfonamides is 1. The number of rotatable bonds is 5. The van der Waals surface area contributed by atoms with Gasteiger partial charge in [0.05, 0.1) is 5.69 Å². The number of nitrogens with one attached hydrogen (secondary N) is 1. The molecular weight excluding hydrogens is 444 g/mol. The van der Waals surface area contributed by atoms with Crippen molar-refractivity contribution in [3.8, 4) is 5.69 Å². The molecule has 2 aromatic heterocycles. The molecule has 0 radical (unpaired) electrons. The van der Waals surface area contributed by atoms with Crippen molar-refractivity contribution in [3.05, 3.63) is 64.3 Å². The molecule has 1 amide bonds. The normalized spacial score (nSPS) is 17.0. The van der Waals surface area contributed by atoms with Gasteiger partial charge in [0.1, 0.15) is 4.21 Å². The van der Waals surface area contributed by atoms with E-state index in [1.165, 1.54) is 16.9 Å². The van der Waals surface area contributed by atoms with Crippen molar-refractivity contribution in [2.75, 3.05) is 13.1 Å². The second-order valence-electron chi connectivity index (χ2n) is 8.49. The summed E-state index contributed by atoms with van der Waals surface area (Å²) in [4.78, 5) is 15.2. The van der Waals surface area contributed by atoms with Gasteiger partial charge in [-0.2, -0.15) is 5.10 Å². The quantitative estimate of drug-likeness (QED) is 0.620. The van der Waals surface area contributed by atoms with E-state index in [0.717, 1.165) is 36.2 Å². The first-order valence-corrected chi connectivity index (χ1v) is 13.3. The van der Waals surface area contributed by atoms with Crippen molar-refractivity contribution in [1.29, 1.82) is 0 Å². The van der Waals surface area contributed by atoms with Crippen LogP contribution < -0.4 is 4.72 Å². The molecular formula is C23H26N4O3S2. The third kappa shape index (κ3) is 4.00. The molecule has 32 heavy (non-hydrogen) atoms. The number of thiophene rings is 1. The van der Waals surface area contributed by atoms with Crippen LogP contribution in [0.4, 0.5) is 0 Å². The first-order chi connectivity index (χ1) is 15.4. The monoisotopic (exact) mass is 470 g/mol. The lowest BCUT2D eigenvalue weighted by Crippen LogP contribution is -2.46. The highest BCUT2D eigenvalue weighted by molar-refractivity contribution is 7.91. The van der Waals surface area contributed by atoms with Crippen LogP contribution in [-0.4, -0.2) is 48.1 Å². The van der Waals surface area contributed by atoms with Crippen molar-refractivity contribution in [3.63, 3.8) is 0 Å². The summed E-state index contributed by atoms with van der Waals surface area (Å²) in [5, 5.41) is 6.49. The summed E-state index contributed by atoms with van der Waals surface area (Å²) < 4.78 is 30.0. The van der Waals surface area contributed by atoms with Crippen LogP contribution in [-0.2, 0) is 22.9 Å². The van der Waals surface area contributed by atoms with Gasteiger partial charge in [0, 0.05) is 30.4 Å². The van der Waals surface area contributed by atoms with Gasteiger partial charge in [-0.05, 0) is 62.6 Å². The molecule has 0 saturated carbocycles. The molecule has 1 N–H and O–H groups in total. The van der Waals surface area contributed by atoms with Gasteiger partial charge in [-0.15, -0.1) is 11.3 Å². The van der Waals surface area contributed by atoms with Gasteiger partial charge >= 0.3 is 0 Å². The Kier molecular flexibility index (Phi) is 5.65. The molecule has 1 fully saturated rings. The summed E-state index contributed by atoms with van der Waals surface area (Å²) in [5.74, 6) is -0.0476. The van der Waals surface area contributed by atoms with E-state index < -0.39 is 10.0 Å². The average Bonchev–Trinajstić information content (AvgIpc) is 3.53. The van der Waals surface area contributed by atoms with Crippen LogP contribution in [0.5, 0.6) is 0 Å². The smallest absolute Gasteiger partial charge is 0.274 e. The zero-order chi connectivity index (χ0) is 22.3. The standard InChI is InChI=1S/C23H26N4O3S2/c1-16-7-9-18(10-8-16)27-20-5-2-4-19(20)22(24-27)23(28)26-13-11-17(12-14-26)25-32(29,30)21-6-3-15-31-21/h3,6-10,15,17,25H,2,4-5,11-14H2,1H3. The first kappa shape index (κ1) is 21.4. The third-order valence-corrected chi connectivity index (χ3v) is 9.19. The van der Waals surface area contributed by atoms with Gasteiger partial charge in [-0.25, -0.2) is 17.8 Å². The number of piperidine rings is 1. The molecule has 3 aromatic rings. The Hall–Kier alpha value is -2.49. The third-order valence-electron chi connectivity index (χ3n) is 6.28. The Morgan fingerprint density at radius 1 is 1.12 bits per heavy atom. The van der Waals surface area contributed by atoms with E-state index in [1.54, 1.807) is 17.5 Å². The van der Waals surface area contributed by atoms with Crippen LogP contribution in [0.15, 0.2) is 46.0 Å². The number of aryl methyl sites for hydroxylation is 1. The van der Waals surface area contributed by atoms with Gasteiger partial charge in [0.15, 0.2) is 5.69 Å². The average molecular weight is 471 g/mol. The molecule has 168 valence electrons. The van der Waals surface area contributed by atoms with Gasteiger partial charge in [-0.3, -0.25) is 4.79 Å². The highest BCUT2D eigenvalue weighted by Gasteiger charge is 2.32. The number of amides is 1. The molecule has 3 heterocycles. The number of carbonyl (C=O) groups is 1. The minimum Gasteiger partial charge on any atom is -0.337 e. The number of benzene rings is 1. The molecule has 0 atom stereocenters. The van der Waals surface area contributed by atoms with E-state index in [4.69, 9.17) is 5.10 Å². The second kappa shape index (κ2) is 8.46. The lowest BCUT2D eigenvalue weighted by atomic mass is 10.1. The first-order valence-electron chi connectivity index (χ1n) is 11.0. The lowest BCUT2D eigenvalue weighted by Gasteiger charge is -2.31. The fourth-order valence-corrected chi connectivity index (χ4v) is 6.87. The summed E-state index contributed by atoms with van der Waals surface area (Å²) in [6.07, 6.45) is 4.02. The molecule has 9 heteroatoms. The number of aromatic nitrogens is 2. The Balaban J connectivity index is 1.30. The molecule has 0 bridgehead atoms. The van der Waals surface area contributed by atoms with Crippen molar-refractivity contribution >= 4 is 27.3 Å². The van der Waals surface area contributed by atoms with E-state index in [-0.39, 0.29) is 11.9 Å². The van der Waals surface area contributed by atoms with Crippen molar-refractivity contribution in [2.24, 2.45) is 0 Å². The molecule has 0 spiro atoms. The Morgan fingerprint density at radius 2 is 1.88 bits per heavy atom.